The van der Waals surface area contributed by atoms with Crippen molar-refractivity contribution in [2.75, 3.05) is 26.5 Å². The van der Waals surface area contributed by atoms with E-state index in [2.05, 4.69) is 28.8 Å². The Bertz CT molecular complexity index is 1810. The van der Waals surface area contributed by atoms with Gasteiger partial charge in [-0.1, -0.05) is 74.5 Å². The largest absolute Gasteiger partial charge is 0.464 e. The summed E-state index contributed by atoms with van der Waals surface area (Å²) in [5, 5.41) is 4.48. The molecule has 1 heterocycles. The quantitative estimate of drug-likeness (QED) is 0.169. The number of benzene rings is 4. The molecule has 0 spiro atoms. The third-order valence-corrected chi connectivity index (χ3v) is 9.66. The molecule has 2 atom stereocenters. The number of hydrogen-bond acceptors (Lipinski definition) is 8. The molecule has 4 aromatic carbocycles. The Kier molecular flexibility index (Phi) is 11.1. The van der Waals surface area contributed by atoms with Crippen molar-refractivity contribution in [1.29, 1.82) is 0 Å². The Morgan fingerprint density at radius 3 is 2.28 bits per heavy atom. The third-order valence-electron chi connectivity index (χ3n) is 8.19. The SMILES string of the molecule is CCOC(=O)C(Cc1ccc(CN(CC)CC)cc1)NC(=O)CC(NS(=O)(=O)c1ccc2ccccc2c1)c1ccc2c(c1)OCO2. The maximum absolute atomic E-state index is 13.7. The molecule has 2 N–H and O–H groups in total. The van der Waals surface area contributed by atoms with Crippen LogP contribution >= 0.6 is 0 Å². The van der Waals surface area contributed by atoms with Gasteiger partial charge in [0.15, 0.2) is 11.5 Å². The first-order valence-electron chi connectivity index (χ1n) is 15.9. The fraction of sp³-hybridized carbons (Fsp3) is 0.333. The van der Waals surface area contributed by atoms with Gasteiger partial charge in [-0.2, -0.15) is 0 Å². The summed E-state index contributed by atoms with van der Waals surface area (Å²) in [5.41, 5.74) is 2.51. The standard InChI is InChI=1S/C36H41N3O7S/c1-4-39(5-2)23-26-13-11-25(12-14-26)19-32(36(41)44-6-3)37-35(40)22-31(29-16-18-33-34(21-29)46-24-45-33)38-47(42,43)30-17-15-27-9-7-8-10-28(27)20-30/h7-18,20-21,31-32,38H,4-6,19,22-24H2,1-3H3,(H,37,40). The molecule has 2 unspecified atom stereocenters. The van der Waals surface area contributed by atoms with E-state index >= 15 is 0 Å². The molecule has 1 amide bonds. The summed E-state index contributed by atoms with van der Waals surface area (Å²) in [4.78, 5) is 29.0. The number of fused-ring (bicyclic) bond motifs is 2. The van der Waals surface area contributed by atoms with Crippen LogP contribution < -0.4 is 19.5 Å². The molecule has 0 fully saturated rings. The monoisotopic (exact) mass is 659 g/mol. The highest BCUT2D eigenvalue weighted by molar-refractivity contribution is 7.89. The minimum absolute atomic E-state index is 0.0461. The summed E-state index contributed by atoms with van der Waals surface area (Å²) < 4.78 is 46.3. The molecule has 0 aliphatic carbocycles. The second-order valence-corrected chi connectivity index (χ2v) is 13.1. The number of nitrogens with zero attached hydrogens (tertiary/aromatic N) is 1. The molecular formula is C36H41N3O7S. The molecular weight excluding hydrogens is 618 g/mol. The molecule has 4 aromatic rings. The Balaban J connectivity index is 1.36. The van der Waals surface area contributed by atoms with E-state index in [0.717, 1.165) is 41.5 Å². The third kappa shape index (κ3) is 8.68. The second kappa shape index (κ2) is 15.4. The summed E-state index contributed by atoms with van der Waals surface area (Å²) in [6, 6.07) is 23.4. The molecule has 0 aromatic heterocycles. The minimum Gasteiger partial charge on any atom is -0.464 e. The molecule has 0 saturated heterocycles. The number of hydrogen-bond donors (Lipinski definition) is 2. The average Bonchev–Trinajstić information content (AvgIpc) is 3.55. The molecule has 1 aliphatic heterocycles. The molecule has 248 valence electrons. The highest BCUT2D eigenvalue weighted by Crippen LogP contribution is 2.35. The first-order valence-corrected chi connectivity index (χ1v) is 17.3. The molecule has 0 bridgehead atoms. The van der Waals surface area contributed by atoms with Gasteiger partial charge in [0.1, 0.15) is 6.04 Å². The summed E-state index contributed by atoms with van der Waals surface area (Å²) in [7, 11) is -4.07. The number of sulfonamides is 1. The van der Waals surface area contributed by atoms with Crippen molar-refractivity contribution >= 4 is 32.7 Å². The van der Waals surface area contributed by atoms with E-state index in [9.17, 15) is 18.0 Å². The van der Waals surface area contributed by atoms with Crippen LogP contribution in [0.25, 0.3) is 10.8 Å². The van der Waals surface area contributed by atoms with Crippen molar-refractivity contribution in [1.82, 2.24) is 14.9 Å². The van der Waals surface area contributed by atoms with Crippen LogP contribution in [-0.4, -0.2) is 57.7 Å². The van der Waals surface area contributed by atoms with Crippen molar-refractivity contribution in [3.05, 3.63) is 102 Å². The number of amides is 1. The van der Waals surface area contributed by atoms with Crippen molar-refractivity contribution in [2.24, 2.45) is 0 Å². The van der Waals surface area contributed by atoms with E-state index in [-0.39, 0.29) is 31.1 Å². The predicted molar refractivity (Wildman–Crippen MR) is 180 cm³/mol. The highest BCUT2D eigenvalue weighted by Gasteiger charge is 2.29. The van der Waals surface area contributed by atoms with Crippen LogP contribution in [-0.2, 0) is 37.3 Å². The van der Waals surface area contributed by atoms with E-state index in [1.54, 1.807) is 37.3 Å². The minimum atomic E-state index is -4.07. The zero-order chi connectivity index (χ0) is 33.4. The van der Waals surface area contributed by atoms with Crippen LogP contribution in [0.1, 0.15) is 49.9 Å². The topological polar surface area (TPSA) is 123 Å². The molecule has 10 nitrogen and oxygen atoms in total. The number of carbonyl (C=O) groups excluding carboxylic acids is 2. The number of esters is 1. The van der Waals surface area contributed by atoms with Crippen LogP contribution in [0.2, 0.25) is 0 Å². The van der Waals surface area contributed by atoms with Crippen LogP contribution in [0.5, 0.6) is 11.5 Å². The zero-order valence-corrected chi connectivity index (χ0v) is 27.7. The van der Waals surface area contributed by atoms with Crippen molar-refractivity contribution < 1.29 is 32.2 Å². The number of ether oxygens (including phenoxy) is 3. The fourth-order valence-electron chi connectivity index (χ4n) is 5.54. The van der Waals surface area contributed by atoms with Gasteiger partial charge in [0.2, 0.25) is 22.7 Å². The number of nitrogens with one attached hydrogen (secondary N) is 2. The van der Waals surface area contributed by atoms with Gasteiger partial charge < -0.3 is 19.5 Å². The Labute approximate surface area is 276 Å². The molecule has 1 aliphatic rings. The van der Waals surface area contributed by atoms with E-state index in [4.69, 9.17) is 14.2 Å². The average molecular weight is 660 g/mol. The van der Waals surface area contributed by atoms with Crippen LogP contribution in [0.15, 0.2) is 89.8 Å². The molecule has 11 heteroatoms. The van der Waals surface area contributed by atoms with E-state index in [1.165, 1.54) is 6.07 Å². The van der Waals surface area contributed by atoms with Crippen LogP contribution in [0.3, 0.4) is 0 Å². The highest BCUT2D eigenvalue weighted by atomic mass is 32.2. The van der Waals surface area contributed by atoms with Gasteiger partial charge in [0, 0.05) is 19.4 Å². The van der Waals surface area contributed by atoms with Crippen molar-refractivity contribution in [3.63, 3.8) is 0 Å². The maximum atomic E-state index is 13.7. The van der Waals surface area contributed by atoms with Crippen molar-refractivity contribution in [3.8, 4) is 11.5 Å². The molecule has 47 heavy (non-hydrogen) atoms. The van der Waals surface area contributed by atoms with Gasteiger partial charge in [-0.05, 0) is 71.7 Å². The van der Waals surface area contributed by atoms with E-state index in [0.29, 0.717) is 17.1 Å². The predicted octanol–water partition coefficient (Wildman–Crippen LogP) is 5.11. The summed E-state index contributed by atoms with van der Waals surface area (Å²) in [6.45, 7) is 8.86. The first kappa shape index (κ1) is 33.9. The second-order valence-electron chi connectivity index (χ2n) is 11.4. The summed E-state index contributed by atoms with van der Waals surface area (Å²) in [5.74, 6) is -0.110. The fourth-order valence-corrected chi connectivity index (χ4v) is 6.80. The van der Waals surface area contributed by atoms with Crippen molar-refractivity contribution in [2.45, 2.75) is 57.1 Å². The lowest BCUT2D eigenvalue weighted by Crippen LogP contribution is -2.44. The van der Waals surface area contributed by atoms with E-state index in [1.807, 2.05) is 48.5 Å². The smallest absolute Gasteiger partial charge is 0.328 e. The summed E-state index contributed by atoms with van der Waals surface area (Å²) >= 11 is 0. The van der Waals surface area contributed by atoms with Gasteiger partial charge in [-0.15, -0.1) is 0 Å². The number of rotatable bonds is 15. The molecule has 5 rings (SSSR count). The lowest BCUT2D eigenvalue weighted by molar-refractivity contribution is -0.147. The van der Waals surface area contributed by atoms with Crippen LogP contribution in [0.4, 0.5) is 0 Å². The summed E-state index contributed by atoms with van der Waals surface area (Å²) in [6.07, 6.45) is -0.0706. The first-order chi connectivity index (χ1) is 22.7. The Morgan fingerprint density at radius 2 is 1.55 bits per heavy atom. The zero-order valence-electron chi connectivity index (χ0n) is 26.9. The Hall–Kier alpha value is -4.45. The normalized spacial score (nSPS) is 13.8. The number of carbonyl (C=O) groups is 2. The van der Waals surface area contributed by atoms with Gasteiger partial charge in [0.05, 0.1) is 17.5 Å². The van der Waals surface area contributed by atoms with Gasteiger partial charge in [0.25, 0.3) is 0 Å². The Morgan fingerprint density at radius 1 is 0.851 bits per heavy atom. The molecule has 0 radical (unpaired) electrons. The molecule has 0 saturated carbocycles. The van der Waals surface area contributed by atoms with E-state index < -0.39 is 34.0 Å². The van der Waals surface area contributed by atoms with Crippen LogP contribution in [0, 0.1) is 0 Å². The van der Waals surface area contributed by atoms with Gasteiger partial charge in [-0.3, -0.25) is 9.69 Å². The van der Waals surface area contributed by atoms with Gasteiger partial charge in [-0.25, -0.2) is 17.9 Å². The van der Waals surface area contributed by atoms with Gasteiger partial charge >= 0.3 is 5.97 Å². The maximum Gasteiger partial charge on any atom is 0.328 e. The lowest BCUT2D eigenvalue weighted by Gasteiger charge is -2.22. The lowest BCUT2D eigenvalue weighted by atomic mass is 10.0.